The van der Waals surface area contributed by atoms with Crippen molar-refractivity contribution >= 4 is 39.3 Å². The van der Waals surface area contributed by atoms with Gasteiger partial charge in [0.05, 0.1) is 17.2 Å². The molecular weight excluding hydrogens is 402 g/mol. The first-order valence-electron chi connectivity index (χ1n) is 9.31. The number of rotatable bonds is 6. The first kappa shape index (κ1) is 21.1. The number of amides is 2. The van der Waals surface area contributed by atoms with Crippen LogP contribution in [-0.4, -0.2) is 63.7 Å². The van der Waals surface area contributed by atoms with Gasteiger partial charge in [0.25, 0.3) is 0 Å². The van der Waals surface area contributed by atoms with Gasteiger partial charge in [0, 0.05) is 31.6 Å². The standard InChI is InChI=1S/C18H25N3O5S2/c1-26-11-8-19-28(24,25)13-6-7-15-14(12-13)20-17(22)16(27-15)18(23)21-9-4-2-3-5-10-21/h6-7,12,16,19H,2-5,8-11H2,1H3,(H,20,22)/t16-/m0/s1. The Balaban J connectivity index is 1.74. The molecule has 3 rings (SSSR count). The molecular formula is C18H25N3O5S2. The summed E-state index contributed by atoms with van der Waals surface area (Å²) < 4.78 is 32.0. The molecule has 2 aliphatic rings. The molecule has 28 heavy (non-hydrogen) atoms. The zero-order valence-electron chi connectivity index (χ0n) is 15.8. The van der Waals surface area contributed by atoms with E-state index in [-0.39, 0.29) is 24.0 Å². The summed E-state index contributed by atoms with van der Waals surface area (Å²) in [5, 5.41) is 1.86. The Labute approximate surface area is 169 Å². The van der Waals surface area contributed by atoms with Crippen molar-refractivity contribution in [3.63, 3.8) is 0 Å². The van der Waals surface area contributed by atoms with Crippen LogP contribution in [-0.2, 0) is 24.3 Å². The Morgan fingerprint density at radius 2 is 2.00 bits per heavy atom. The van der Waals surface area contributed by atoms with Gasteiger partial charge in [0.2, 0.25) is 21.8 Å². The largest absolute Gasteiger partial charge is 0.383 e. The van der Waals surface area contributed by atoms with Crippen molar-refractivity contribution in [2.45, 2.75) is 40.7 Å². The highest BCUT2D eigenvalue weighted by molar-refractivity contribution is 8.01. The van der Waals surface area contributed by atoms with E-state index in [2.05, 4.69) is 10.0 Å². The fourth-order valence-electron chi connectivity index (χ4n) is 3.24. The third-order valence-corrected chi connectivity index (χ3v) is 7.46. The van der Waals surface area contributed by atoms with Crippen molar-refractivity contribution in [1.82, 2.24) is 9.62 Å². The molecule has 1 fully saturated rings. The highest BCUT2D eigenvalue weighted by atomic mass is 32.2. The van der Waals surface area contributed by atoms with Crippen LogP contribution in [0, 0.1) is 0 Å². The summed E-state index contributed by atoms with van der Waals surface area (Å²) in [4.78, 5) is 27.9. The first-order chi connectivity index (χ1) is 13.4. The zero-order chi connectivity index (χ0) is 20.1. The molecule has 0 unspecified atom stereocenters. The van der Waals surface area contributed by atoms with Gasteiger partial charge in [-0.2, -0.15) is 0 Å². The fourth-order valence-corrected chi connectivity index (χ4v) is 5.33. The average Bonchev–Trinajstić information content (AvgIpc) is 2.96. The molecule has 0 saturated carbocycles. The van der Waals surface area contributed by atoms with E-state index in [0.29, 0.717) is 23.7 Å². The van der Waals surface area contributed by atoms with Gasteiger partial charge < -0.3 is 15.0 Å². The van der Waals surface area contributed by atoms with Gasteiger partial charge in [-0.25, -0.2) is 13.1 Å². The van der Waals surface area contributed by atoms with Crippen molar-refractivity contribution in [3.05, 3.63) is 18.2 Å². The molecule has 8 nitrogen and oxygen atoms in total. The fraction of sp³-hybridized carbons (Fsp3) is 0.556. The van der Waals surface area contributed by atoms with Gasteiger partial charge in [0.1, 0.15) is 0 Å². The Morgan fingerprint density at radius 3 is 2.68 bits per heavy atom. The second-order valence-corrected chi connectivity index (χ2v) is 9.69. The highest BCUT2D eigenvalue weighted by Crippen LogP contribution is 2.37. The minimum Gasteiger partial charge on any atom is -0.383 e. The second kappa shape index (κ2) is 9.25. The molecule has 1 aromatic carbocycles. The molecule has 1 atom stereocenters. The molecule has 2 amide bonds. The third kappa shape index (κ3) is 4.86. The van der Waals surface area contributed by atoms with E-state index in [1.165, 1.54) is 31.0 Å². The number of hydrogen-bond acceptors (Lipinski definition) is 6. The van der Waals surface area contributed by atoms with E-state index < -0.39 is 21.2 Å². The van der Waals surface area contributed by atoms with Gasteiger partial charge in [-0.3, -0.25) is 9.59 Å². The summed E-state index contributed by atoms with van der Waals surface area (Å²) in [7, 11) is -2.21. The van der Waals surface area contributed by atoms with E-state index in [0.717, 1.165) is 25.7 Å². The van der Waals surface area contributed by atoms with E-state index in [1.54, 1.807) is 11.0 Å². The summed E-state index contributed by atoms with van der Waals surface area (Å²) in [5.74, 6) is -0.582. The van der Waals surface area contributed by atoms with Gasteiger partial charge in [-0.15, -0.1) is 11.8 Å². The van der Waals surface area contributed by atoms with E-state index in [9.17, 15) is 18.0 Å². The Bertz CT molecular complexity index is 836. The molecule has 2 aliphatic heterocycles. The molecule has 0 bridgehead atoms. The summed E-state index contributed by atoms with van der Waals surface area (Å²) in [6.45, 7) is 1.78. The van der Waals surface area contributed by atoms with Crippen molar-refractivity contribution < 1.29 is 22.7 Å². The van der Waals surface area contributed by atoms with Crippen LogP contribution in [0.1, 0.15) is 25.7 Å². The maximum absolute atomic E-state index is 12.8. The Hall–Kier alpha value is -1.62. The summed E-state index contributed by atoms with van der Waals surface area (Å²) in [6.07, 6.45) is 4.12. The maximum Gasteiger partial charge on any atom is 0.247 e. The van der Waals surface area contributed by atoms with Gasteiger partial charge >= 0.3 is 0 Å². The number of sulfonamides is 1. The molecule has 0 spiro atoms. The SMILES string of the molecule is COCCNS(=O)(=O)c1ccc2c(c1)NC(=O)[C@@H](C(=O)N1CCCCCC1)S2. The number of anilines is 1. The number of thioether (sulfide) groups is 1. The minimum absolute atomic E-state index is 0.0561. The smallest absolute Gasteiger partial charge is 0.247 e. The predicted molar refractivity (Wildman–Crippen MR) is 107 cm³/mol. The molecule has 2 N–H and O–H groups in total. The molecule has 0 aromatic heterocycles. The van der Waals surface area contributed by atoms with Crippen LogP contribution < -0.4 is 10.0 Å². The average molecular weight is 428 g/mol. The van der Waals surface area contributed by atoms with Crippen LogP contribution in [0.4, 0.5) is 5.69 Å². The number of fused-ring (bicyclic) bond motifs is 1. The van der Waals surface area contributed by atoms with Crippen LogP contribution in [0.25, 0.3) is 0 Å². The number of carbonyl (C=O) groups is 2. The quantitative estimate of drug-likeness (QED) is 0.526. The van der Waals surface area contributed by atoms with Crippen molar-refractivity contribution in [3.8, 4) is 0 Å². The van der Waals surface area contributed by atoms with Crippen molar-refractivity contribution in [2.24, 2.45) is 0 Å². The monoisotopic (exact) mass is 427 g/mol. The Morgan fingerprint density at radius 1 is 1.29 bits per heavy atom. The summed E-state index contributed by atoms with van der Waals surface area (Å²) in [5.41, 5.74) is 0.407. The summed E-state index contributed by atoms with van der Waals surface area (Å²) in [6, 6.07) is 4.53. The molecule has 0 aliphatic carbocycles. The number of benzene rings is 1. The lowest BCUT2D eigenvalue weighted by molar-refractivity contribution is -0.133. The predicted octanol–water partition coefficient (Wildman–Crippen LogP) is 1.43. The molecule has 1 aromatic rings. The van der Waals surface area contributed by atoms with Gasteiger partial charge in [-0.05, 0) is 31.0 Å². The lowest BCUT2D eigenvalue weighted by atomic mass is 10.2. The number of ether oxygens (including phenoxy) is 1. The second-order valence-electron chi connectivity index (χ2n) is 6.78. The first-order valence-corrected chi connectivity index (χ1v) is 11.7. The lowest BCUT2D eigenvalue weighted by Crippen LogP contribution is -2.45. The number of carbonyl (C=O) groups excluding carboxylic acids is 2. The van der Waals surface area contributed by atoms with Crippen molar-refractivity contribution in [2.75, 3.05) is 38.7 Å². The number of nitrogens with zero attached hydrogens (tertiary/aromatic N) is 1. The Kier molecular flexibility index (Phi) is 6.97. The number of nitrogens with one attached hydrogen (secondary N) is 2. The van der Waals surface area contributed by atoms with E-state index in [1.807, 2.05) is 0 Å². The molecule has 10 heteroatoms. The van der Waals surface area contributed by atoms with Crippen LogP contribution in [0.15, 0.2) is 28.0 Å². The third-order valence-electron chi connectivity index (χ3n) is 4.74. The van der Waals surface area contributed by atoms with Gasteiger partial charge in [-0.1, -0.05) is 12.8 Å². The van der Waals surface area contributed by atoms with Crippen molar-refractivity contribution in [1.29, 1.82) is 0 Å². The molecule has 2 heterocycles. The topological polar surface area (TPSA) is 105 Å². The maximum atomic E-state index is 12.8. The molecule has 1 saturated heterocycles. The zero-order valence-corrected chi connectivity index (χ0v) is 17.4. The number of likely N-dealkylation sites (tertiary alicyclic amines) is 1. The molecule has 0 radical (unpaired) electrons. The van der Waals surface area contributed by atoms with Crippen LogP contribution in [0.5, 0.6) is 0 Å². The van der Waals surface area contributed by atoms with E-state index >= 15 is 0 Å². The number of methoxy groups -OCH3 is 1. The van der Waals surface area contributed by atoms with Gasteiger partial charge in [0.15, 0.2) is 5.25 Å². The highest BCUT2D eigenvalue weighted by Gasteiger charge is 2.36. The lowest BCUT2D eigenvalue weighted by Gasteiger charge is -2.28. The normalized spacial score (nSPS) is 20.2. The summed E-state index contributed by atoms with van der Waals surface area (Å²) >= 11 is 1.18. The minimum atomic E-state index is -3.70. The van der Waals surface area contributed by atoms with Crippen LogP contribution >= 0.6 is 11.8 Å². The van der Waals surface area contributed by atoms with E-state index in [4.69, 9.17) is 4.74 Å². The van der Waals surface area contributed by atoms with Crippen LogP contribution in [0.3, 0.4) is 0 Å². The molecule has 154 valence electrons. The number of hydrogen-bond donors (Lipinski definition) is 2. The van der Waals surface area contributed by atoms with Crippen LogP contribution in [0.2, 0.25) is 0 Å².